The van der Waals surface area contributed by atoms with E-state index in [1.165, 1.54) is 0 Å². The fourth-order valence-electron chi connectivity index (χ4n) is 1.24. The van der Waals surface area contributed by atoms with Crippen molar-refractivity contribution in [3.05, 3.63) is 18.1 Å². The largest absolute Gasteiger partial charge is 0.534 e. The molecule has 0 atom stereocenters. The third-order valence-corrected chi connectivity index (χ3v) is 3.16. The number of nitrogens with zero attached hydrogens (tertiary/aromatic N) is 2. The molecule has 0 radical (unpaired) electrons. The van der Waals surface area contributed by atoms with Gasteiger partial charge in [-0.25, -0.2) is 4.98 Å². The Morgan fingerprint density at radius 2 is 2.05 bits per heavy atom. The summed E-state index contributed by atoms with van der Waals surface area (Å²) in [6.45, 7) is 1.72. The van der Waals surface area contributed by atoms with E-state index in [4.69, 9.17) is 4.74 Å². The van der Waals surface area contributed by atoms with Crippen LogP contribution in [0.3, 0.4) is 0 Å². The number of esters is 1. The van der Waals surface area contributed by atoms with Crippen molar-refractivity contribution in [2.75, 3.05) is 6.61 Å². The maximum atomic E-state index is 12.2. The number of ether oxygens (including phenoxy) is 1. The van der Waals surface area contributed by atoms with Crippen LogP contribution in [0.15, 0.2) is 12.3 Å². The van der Waals surface area contributed by atoms with Gasteiger partial charge in [0.1, 0.15) is 5.82 Å². The van der Waals surface area contributed by atoms with Gasteiger partial charge in [0.15, 0.2) is 0 Å². The first-order chi connectivity index (χ1) is 10.2. The van der Waals surface area contributed by atoms with Crippen LogP contribution in [-0.4, -0.2) is 36.5 Å². The smallest absolute Gasteiger partial charge is 0.465 e. The summed E-state index contributed by atoms with van der Waals surface area (Å²) in [6, 6.07) is 0.871. The molecule has 0 aliphatic heterocycles. The van der Waals surface area contributed by atoms with Gasteiger partial charge in [0.25, 0.3) is 0 Å². The second-order valence-corrected chi connectivity index (χ2v) is 5.55. The summed E-state index contributed by atoms with van der Waals surface area (Å²) in [5, 5.41) is 0. The Morgan fingerprint density at radius 3 is 2.64 bits per heavy atom. The van der Waals surface area contributed by atoms with Crippen LogP contribution in [0.2, 0.25) is 0 Å². The number of aromatic nitrogens is 2. The number of carbonyl (C=O) groups excluding carboxylic acids is 1. The highest BCUT2D eigenvalue weighted by Crippen LogP contribution is 2.25. The molecule has 0 spiro atoms. The fourth-order valence-corrected chi connectivity index (χ4v) is 1.65. The first-order valence-corrected chi connectivity index (χ1v) is 7.55. The van der Waals surface area contributed by atoms with Crippen LogP contribution < -0.4 is 4.18 Å². The Kier molecular flexibility index (Phi) is 6.09. The van der Waals surface area contributed by atoms with Crippen molar-refractivity contribution in [3.8, 4) is 5.88 Å². The minimum Gasteiger partial charge on any atom is -0.465 e. The highest BCUT2D eigenvalue weighted by Gasteiger charge is 2.48. The quantitative estimate of drug-likeness (QED) is 0.422. The summed E-state index contributed by atoms with van der Waals surface area (Å²) in [6.07, 6.45) is 1.91. The van der Waals surface area contributed by atoms with Gasteiger partial charge in [-0.05, 0) is 6.42 Å². The normalized spacial score (nSPS) is 12.0. The van der Waals surface area contributed by atoms with E-state index in [0.717, 1.165) is 12.3 Å². The van der Waals surface area contributed by atoms with Crippen molar-refractivity contribution in [1.82, 2.24) is 9.97 Å². The molecule has 0 aliphatic carbocycles. The molecule has 0 aliphatic rings. The molecule has 22 heavy (non-hydrogen) atoms. The van der Waals surface area contributed by atoms with Crippen LogP contribution in [0.5, 0.6) is 5.88 Å². The molecule has 0 fully saturated rings. The Bertz CT molecular complexity index is 618. The number of halogens is 3. The third-order valence-electron chi connectivity index (χ3n) is 2.20. The van der Waals surface area contributed by atoms with Gasteiger partial charge in [0, 0.05) is 25.1 Å². The maximum absolute atomic E-state index is 12.2. The summed E-state index contributed by atoms with van der Waals surface area (Å²) in [4.78, 5) is 18.3. The lowest BCUT2D eigenvalue weighted by Gasteiger charge is -2.09. The molecule has 0 aromatic carbocycles. The number of alkyl halides is 3. The second-order valence-electron chi connectivity index (χ2n) is 4.01. The Labute approximate surface area is 124 Å². The SMILES string of the molecule is CCCC(=O)OCCc1nccc(OS(=O)(=O)C(F)(F)F)n1. The topological polar surface area (TPSA) is 95.5 Å². The van der Waals surface area contributed by atoms with Crippen LogP contribution >= 0.6 is 0 Å². The molecule has 0 saturated heterocycles. The lowest BCUT2D eigenvalue weighted by atomic mass is 10.3. The van der Waals surface area contributed by atoms with E-state index in [0.29, 0.717) is 6.42 Å². The van der Waals surface area contributed by atoms with Gasteiger partial charge >= 0.3 is 21.6 Å². The van der Waals surface area contributed by atoms with E-state index in [1.807, 2.05) is 0 Å². The average molecular weight is 342 g/mol. The highest BCUT2D eigenvalue weighted by molar-refractivity contribution is 7.87. The van der Waals surface area contributed by atoms with E-state index in [9.17, 15) is 26.4 Å². The monoisotopic (exact) mass is 342 g/mol. The first-order valence-electron chi connectivity index (χ1n) is 6.14. The number of carbonyl (C=O) groups is 1. The van der Waals surface area contributed by atoms with E-state index < -0.39 is 27.5 Å². The molecule has 11 heteroatoms. The zero-order chi connectivity index (χ0) is 16.8. The zero-order valence-electron chi connectivity index (χ0n) is 11.5. The van der Waals surface area contributed by atoms with Crippen LogP contribution in [0.25, 0.3) is 0 Å². The summed E-state index contributed by atoms with van der Waals surface area (Å²) in [7, 11) is -5.78. The van der Waals surface area contributed by atoms with E-state index in [-0.39, 0.29) is 25.3 Å². The van der Waals surface area contributed by atoms with Gasteiger partial charge in [-0.15, -0.1) is 0 Å². The number of hydrogen-bond donors (Lipinski definition) is 0. The van der Waals surface area contributed by atoms with Crippen LogP contribution in [0.4, 0.5) is 13.2 Å². The minimum atomic E-state index is -5.78. The molecule has 1 rings (SSSR count). The van der Waals surface area contributed by atoms with Crippen LogP contribution in [0, 0.1) is 0 Å². The molecule has 0 bridgehead atoms. The van der Waals surface area contributed by atoms with Crippen LogP contribution in [-0.2, 0) is 26.1 Å². The molecule has 7 nitrogen and oxygen atoms in total. The fraction of sp³-hybridized carbons (Fsp3) is 0.545. The van der Waals surface area contributed by atoms with Gasteiger partial charge in [-0.2, -0.15) is 26.6 Å². The van der Waals surface area contributed by atoms with Gasteiger partial charge < -0.3 is 8.92 Å². The van der Waals surface area contributed by atoms with Crippen molar-refractivity contribution in [3.63, 3.8) is 0 Å². The Balaban J connectivity index is 2.65. The van der Waals surface area contributed by atoms with Crippen molar-refractivity contribution in [2.24, 2.45) is 0 Å². The molecule has 1 heterocycles. The molecular formula is C11H13F3N2O5S. The van der Waals surface area contributed by atoms with Crippen LogP contribution in [0.1, 0.15) is 25.6 Å². The summed E-state index contributed by atoms with van der Waals surface area (Å²) >= 11 is 0. The average Bonchev–Trinajstić information content (AvgIpc) is 2.37. The van der Waals surface area contributed by atoms with Gasteiger partial charge in [0.2, 0.25) is 5.88 Å². The van der Waals surface area contributed by atoms with Crippen molar-refractivity contribution >= 4 is 16.1 Å². The Hall–Kier alpha value is -1.91. The molecule has 124 valence electrons. The molecule has 1 aromatic heterocycles. The number of hydrogen-bond acceptors (Lipinski definition) is 7. The third kappa shape index (κ3) is 5.47. The summed E-state index contributed by atoms with van der Waals surface area (Å²) in [5.41, 5.74) is -5.55. The van der Waals surface area contributed by atoms with E-state index in [1.54, 1.807) is 6.92 Å². The van der Waals surface area contributed by atoms with Gasteiger partial charge in [-0.3, -0.25) is 4.79 Å². The molecule has 0 saturated carbocycles. The lowest BCUT2D eigenvalue weighted by molar-refractivity contribution is -0.143. The highest BCUT2D eigenvalue weighted by atomic mass is 32.2. The molecule has 0 N–H and O–H groups in total. The number of rotatable bonds is 7. The van der Waals surface area contributed by atoms with Gasteiger partial charge in [-0.1, -0.05) is 6.92 Å². The van der Waals surface area contributed by atoms with Crippen molar-refractivity contribution < 1.29 is 35.3 Å². The summed E-state index contributed by atoms with van der Waals surface area (Å²) < 4.78 is 66.9. The molecular weight excluding hydrogens is 329 g/mol. The predicted octanol–water partition coefficient (Wildman–Crippen LogP) is 1.59. The molecule has 1 aromatic rings. The molecule has 0 amide bonds. The molecule has 0 unspecified atom stereocenters. The first kappa shape index (κ1) is 18.1. The van der Waals surface area contributed by atoms with E-state index in [2.05, 4.69) is 14.2 Å². The van der Waals surface area contributed by atoms with Gasteiger partial charge in [0.05, 0.1) is 6.61 Å². The van der Waals surface area contributed by atoms with Crippen molar-refractivity contribution in [1.29, 1.82) is 0 Å². The minimum absolute atomic E-state index is 0.0126. The lowest BCUT2D eigenvalue weighted by Crippen LogP contribution is -2.28. The maximum Gasteiger partial charge on any atom is 0.534 e. The van der Waals surface area contributed by atoms with Crippen molar-refractivity contribution in [2.45, 2.75) is 31.7 Å². The predicted molar refractivity (Wildman–Crippen MR) is 67.2 cm³/mol. The zero-order valence-corrected chi connectivity index (χ0v) is 12.3. The second kappa shape index (κ2) is 7.38. The Morgan fingerprint density at radius 1 is 1.36 bits per heavy atom. The summed E-state index contributed by atoms with van der Waals surface area (Å²) in [5.74, 6) is -1.20. The van der Waals surface area contributed by atoms with E-state index >= 15 is 0 Å². The standard InChI is InChI=1S/C11H13F3N2O5S/c1-2-3-10(17)20-7-5-8-15-6-4-9(16-8)21-22(18,19)11(12,13)14/h4,6H,2-3,5,7H2,1H3.